The lowest BCUT2D eigenvalue weighted by atomic mass is 10.1. The van der Waals surface area contributed by atoms with E-state index in [-0.39, 0.29) is 23.6 Å². The van der Waals surface area contributed by atoms with Gasteiger partial charge in [0.05, 0.1) is 19.1 Å². The van der Waals surface area contributed by atoms with E-state index in [0.717, 1.165) is 5.56 Å². The van der Waals surface area contributed by atoms with Gasteiger partial charge in [-0.2, -0.15) is 0 Å². The molecule has 7 nitrogen and oxygen atoms in total. The molecule has 2 aromatic rings. The number of nitrogens with zero attached hydrogens (tertiary/aromatic N) is 3. The Morgan fingerprint density at radius 1 is 1.24 bits per heavy atom. The van der Waals surface area contributed by atoms with Crippen molar-refractivity contribution < 1.29 is 18.8 Å². The van der Waals surface area contributed by atoms with Gasteiger partial charge in [0.1, 0.15) is 0 Å². The minimum Gasteiger partial charge on any atom is -0.355 e. The summed E-state index contributed by atoms with van der Waals surface area (Å²) in [5.74, 6) is 0.405. The van der Waals surface area contributed by atoms with Crippen molar-refractivity contribution in [2.24, 2.45) is 0 Å². The second-order valence-corrected chi connectivity index (χ2v) is 6.65. The Balaban J connectivity index is 1.42. The van der Waals surface area contributed by atoms with Gasteiger partial charge in [-0.05, 0) is 0 Å². The van der Waals surface area contributed by atoms with E-state index >= 15 is 0 Å². The highest BCUT2D eigenvalue weighted by Gasteiger charge is 2.63. The molecule has 2 atom stereocenters. The number of benzene rings is 1. The molecule has 3 fully saturated rings. The molecule has 0 unspecified atom stereocenters. The quantitative estimate of drug-likeness (QED) is 0.829. The number of hydrogen-bond acceptors (Lipinski definition) is 5. The molecule has 0 N–H and O–H groups in total. The Labute approximate surface area is 144 Å². The third-order valence-electron chi connectivity index (χ3n) is 5.45. The molecule has 3 aliphatic rings. The molecule has 5 rings (SSSR count). The summed E-state index contributed by atoms with van der Waals surface area (Å²) in [5, 5.41) is 3.95. The molecule has 0 aliphatic carbocycles. The number of carbonyl (C=O) groups is 2. The maximum absolute atomic E-state index is 12.9. The molecule has 128 valence electrons. The molecule has 4 heterocycles. The highest BCUT2D eigenvalue weighted by molar-refractivity contribution is 5.95. The SMILES string of the molecule is O=C(c1cc(-c2ccccc2)on1)N1CC[C@@]23OCCN2C(=O)C[C@@H]13. The van der Waals surface area contributed by atoms with Crippen LogP contribution in [-0.2, 0) is 9.53 Å². The van der Waals surface area contributed by atoms with Gasteiger partial charge < -0.3 is 19.1 Å². The predicted molar refractivity (Wildman–Crippen MR) is 86.4 cm³/mol. The molecule has 25 heavy (non-hydrogen) atoms. The van der Waals surface area contributed by atoms with Crippen LogP contribution in [-0.4, -0.2) is 58.2 Å². The number of carbonyl (C=O) groups excluding carboxylic acids is 2. The van der Waals surface area contributed by atoms with Crippen molar-refractivity contribution in [1.29, 1.82) is 0 Å². The maximum atomic E-state index is 12.9. The van der Waals surface area contributed by atoms with Gasteiger partial charge in [0.15, 0.2) is 17.2 Å². The van der Waals surface area contributed by atoms with Crippen LogP contribution >= 0.6 is 0 Å². The number of amides is 2. The van der Waals surface area contributed by atoms with Crippen molar-refractivity contribution in [3.63, 3.8) is 0 Å². The zero-order valence-corrected chi connectivity index (χ0v) is 13.6. The monoisotopic (exact) mass is 339 g/mol. The van der Waals surface area contributed by atoms with E-state index in [4.69, 9.17) is 9.26 Å². The van der Waals surface area contributed by atoms with Crippen molar-refractivity contribution >= 4 is 11.8 Å². The van der Waals surface area contributed by atoms with E-state index in [9.17, 15) is 9.59 Å². The van der Waals surface area contributed by atoms with Crippen LogP contribution < -0.4 is 0 Å². The molecular weight excluding hydrogens is 322 g/mol. The predicted octanol–water partition coefficient (Wildman–Crippen LogP) is 1.51. The van der Waals surface area contributed by atoms with Crippen LogP contribution in [0, 0.1) is 0 Å². The summed E-state index contributed by atoms with van der Waals surface area (Å²) in [6, 6.07) is 10.9. The molecule has 1 aromatic carbocycles. The first-order valence-electron chi connectivity index (χ1n) is 8.46. The number of ether oxygens (including phenoxy) is 1. The summed E-state index contributed by atoms with van der Waals surface area (Å²) >= 11 is 0. The number of aromatic nitrogens is 1. The average Bonchev–Trinajstić information content (AvgIpc) is 3.38. The Kier molecular flexibility index (Phi) is 3.03. The Bertz CT molecular complexity index is 849. The van der Waals surface area contributed by atoms with E-state index in [1.54, 1.807) is 15.9 Å². The van der Waals surface area contributed by atoms with Crippen molar-refractivity contribution in [2.45, 2.75) is 24.6 Å². The van der Waals surface area contributed by atoms with Crippen LogP contribution in [0.4, 0.5) is 0 Å². The zero-order chi connectivity index (χ0) is 17.0. The van der Waals surface area contributed by atoms with Crippen LogP contribution in [0.15, 0.2) is 40.9 Å². The molecule has 0 radical (unpaired) electrons. The van der Waals surface area contributed by atoms with Crippen LogP contribution in [0.25, 0.3) is 11.3 Å². The fourth-order valence-electron chi connectivity index (χ4n) is 4.30. The van der Waals surface area contributed by atoms with Gasteiger partial charge in [0.2, 0.25) is 5.91 Å². The van der Waals surface area contributed by atoms with Crippen molar-refractivity contribution in [2.75, 3.05) is 19.7 Å². The van der Waals surface area contributed by atoms with Gasteiger partial charge in [-0.3, -0.25) is 9.59 Å². The molecule has 0 saturated carbocycles. The summed E-state index contributed by atoms with van der Waals surface area (Å²) in [6.07, 6.45) is 0.966. The molecule has 3 saturated heterocycles. The smallest absolute Gasteiger partial charge is 0.276 e. The second kappa shape index (κ2) is 5.16. The molecule has 1 aromatic heterocycles. The normalized spacial score (nSPS) is 27.7. The largest absolute Gasteiger partial charge is 0.355 e. The minimum atomic E-state index is -0.626. The second-order valence-electron chi connectivity index (χ2n) is 6.65. The van der Waals surface area contributed by atoms with Crippen LogP contribution in [0.3, 0.4) is 0 Å². The summed E-state index contributed by atoms with van der Waals surface area (Å²) in [4.78, 5) is 28.7. The van der Waals surface area contributed by atoms with E-state index in [2.05, 4.69) is 5.16 Å². The summed E-state index contributed by atoms with van der Waals surface area (Å²) in [6.45, 7) is 1.70. The third-order valence-corrected chi connectivity index (χ3v) is 5.45. The molecular formula is C18H17N3O4. The average molecular weight is 339 g/mol. The lowest BCUT2D eigenvalue weighted by Gasteiger charge is -2.31. The first-order chi connectivity index (χ1) is 12.2. The molecule has 7 heteroatoms. The van der Waals surface area contributed by atoms with Gasteiger partial charge in [0, 0.05) is 31.1 Å². The first-order valence-corrected chi connectivity index (χ1v) is 8.46. The van der Waals surface area contributed by atoms with E-state index in [1.807, 2.05) is 30.3 Å². The summed E-state index contributed by atoms with van der Waals surface area (Å²) in [7, 11) is 0. The zero-order valence-electron chi connectivity index (χ0n) is 13.6. The van der Waals surface area contributed by atoms with Gasteiger partial charge >= 0.3 is 0 Å². The van der Waals surface area contributed by atoms with E-state index in [1.165, 1.54) is 0 Å². The topological polar surface area (TPSA) is 75.9 Å². The van der Waals surface area contributed by atoms with Gasteiger partial charge in [-0.15, -0.1) is 0 Å². The highest BCUT2D eigenvalue weighted by Crippen LogP contribution is 2.45. The van der Waals surface area contributed by atoms with Crippen LogP contribution in [0.5, 0.6) is 0 Å². The maximum Gasteiger partial charge on any atom is 0.276 e. The third kappa shape index (κ3) is 1.99. The first kappa shape index (κ1) is 14.7. The Hall–Kier alpha value is -2.67. The molecule has 0 bridgehead atoms. The van der Waals surface area contributed by atoms with Crippen molar-refractivity contribution in [3.05, 3.63) is 42.1 Å². The van der Waals surface area contributed by atoms with E-state index < -0.39 is 5.72 Å². The van der Waals surface area contributed by atoms with Crippen LogP contribution in [0.1, 0.15) is 23.3 Å². The summed E-state index contributed by atoms with van der Waals surface area (Å²) in [5.41, 5.74) is 0.506. The number of hydrogen-bond donors (Lipinski definition) is 0. The molecule has 2 amide bonds. The Morgan fingerprint density at radius 2 is 2.08 bits per heavy atom. The van der Waals surface area contributed by atoms with Crippen molar-refractivity contribution in [1.82, 2.24) is 15.0 Å². The summed E-state index contributed by atoms with van der Waals surface area (Å²) < 4.78 is 11.3. The van der Waals surface area contributed by atoms with Gasteiger partial charge in [-0.1, -0.05) is 35.5 Å². The standard InChI is InChI=1S/C18H17N3O4/c22-16-11-15-18(21(16)8-9-24-18)6-7-20(15)17(23)13-10-14(25-19-13)12-4-2-1-3-5-12/h1-5,10,15H,6-9,11H2/t15-,18+/m1/s1. The minimum absolute atomic E-state index is 0.0603. The number of likely N-dealkylation sites (tertiary alicyclic amines) is 1. The molecule has 1 spiro atoms. The lowest BCUT2D eigenvalue weighted by molar-refractivity contribution is -0.136. The van der Waals surface area contributed by atoms with E-state index in [0.29, 0.717) is 38.3 Å². The molecule has 3 aliphatic heterocycles. The Morgan fingerprint density at radius 3 is 2.92 bits per heavy atom. The van der Waals surface area contributed by atoms with Crippen LogP contribution in [0.2, 0.25) is 0 Å². The van der Waals surface area contributed by atoms with Gasteiger partial charge in [-0.25, -0.2) is 0 Å². The van der Waals surface area contributed by atoms with Gasteiger partial charge in [0.25, 0.3) is 5.91 Å². The lowest BCUT2D eigenvalue weighted by Crippen LogP contribution is -2.48. The fraction of sp³-hybridized carbons (Fsp3) is 0.389. The van der Waals surface area contributed by atoms with Crippen molar-refractivity contribution in [3.8, 4) is 11.3 Å². The highest BCUT2D eigenvalue weighted by atomic mass is 16.5. The number of rotatable bonds is 2. The fourth-order valence-corrected chi connectivity index (χ4v) is 4.30.